The molecular weight excluding hydrogens is 360 g/mol. The van der Waals surface area contributed by atoms with Crippen LogP contribution in [0, 0.1) is 11.6 Å². The molecule has 0 radical (unpaired) electrons. The summed E-state index contributed by atoms with van der Waals surface area (Å²) in [7, 11) is 0. The van der Waals surface area contributed by atoms with E-state index in [1.807, 2.05) is 29.4 Å². The first-order valence-corrected chi connectivity index (χ1v) is 8.70. The number of halogens is 3. The molecule has 2 aliphatic heterocycles. The summed E-state index contributed by atoms with van der Waals surface area (Å²) in [6.07, 6.45) is 7.04. The number of benzene rings is 1. The molecule has 1 saturated heterocycles. The monoisotopic (exact) mass is 373 g/mol. The number of allylic oxidation sites excluding steroid dienone is 1. The molecule has 1 atom stereocenters. The molecule has 5 rings (SSSR count). The summed E-state index contributed by atoms with van der Waals surface area (Å²) < 4.78 is 30.0. The molecular formula is C18H14ClF2N5. The predicted molar refractivity (Wildman–Crippen MR) is 93.6 cm³/mol. The summed E-state index contributed by atoms with van der Waals surface area (Å²) >= 11 is 5.81. The van der Waals surface area contributed by atoms with E-state index in [-0.39, 0.29) is 11.9 Å². The van der Waals surface area contributed by atoms with Crippen LogP contribution in [0.3, 0.4) is 0 Å². The van der Waals surface area contributed by atoms with Crippen LogP contribution in [-0.4, -0.2) is 26.0 Å². The minimum Gasteiger partial charge on any atom is -0.349 e. The second-order valence-electron chi connectivity index (χ2n) is 6.42. The summed E-state index contributed by atoms with van der Waals surface area (Å²) in [4.78, 5) is 8.20. The van der Waals surface area contributed by atoms with Crippen molar-refractivity contribution in [3.63, 3.8) is 0 Å². The van der Waals surface area contributed by atoms with E-state index in [4.69, 9.17) is 11.6 Å². The molecule has 4 heterocycles. The number of fused-ring (bicyclic) bond motifs is 2. The molecule has 5 nitrogen and oxygen atoms in total. The van der Waals surface area contributed by atoms with Crippen LogP contribution in [0.1, 0.15) is 24.6 Å². The van der Waals surface area contributed by atoms with Gasteiger partial charge < -0.3 is 9.80 Å². The standard InChI is InChI=1S/C18H14ClF2N5/c19-16-13(20)4-5-14(17(16)21)25-9-12-2-1-7-24(12)18(25)11-3-6-15-22-10-23-26(15)8-11/h3-6,8-10,18H,1-2,7H2. The van der Waals surface area contributed by atoms with E-state index in [0.717, 1.165) is 36.3 Å². The Morgan fingerprint density at radius 2 is 2.04 bits per heavy atom. The fourth-order valence-corrected chi connectivity index (χ4v) is 3.92. The van der Waals surface area contributed by atoms with Gasteiger partial charge in [0.1, 0.15) is 23.3 Å². The Bertz CT molecular complexity index is 1050. The average molecular weight is 374 g/mol. The van der Waals surface area contributed by atoms with Crippen LogP contribution in [0.25, 0.3) is 5.65 Å². The lowest BCUT2D eigenvalue weighted by atomic mass is 10.1. The Balaban J connectivity index is 1.65. The number of nitrogens with zero attached hydrogens (tertiary/aromatic N) is 5. The molecule has 2 aromatic heterocycles. The third kappa shape index (κ3) is 2.20. The lowest BCUT2D eigenvalue weighted by Gasteiger charge is -2.32. The topological polar surface area (TPSA) is 36.7 Å². The fraction of sp³-hybridized carbons (Fsp3) is 0.222. The van der Waals surface area contributed by atoms with Gasteiger partial charge in [-0.2, -0.15) is 5.10 Å². The maximum Gasteiger partial charge on any atom is 0.168 e. The highest BCUT2D eigenvalue weighted by Gasteiger charge is 2.38. The van der Waals surface area contributed by atoms with E-state index < -0.39 is 16.7 Å². The minimum atomic E-state index is -0.763. The summed E-state index contributed by atoms with van der Waals surface area (Å²) in [5.74, 6) is -1.52. The molecule has 8 heteroatoms. The Kier molecular flexibility index (Phi) is 3.40. The number of rotatable bonds is 2. The smallest absolute Gasteiger partial charge is 0.168 e. The van der Waals surface area contributed by atoms with Crippen LogP contribution >= 0.6 is 11.6 Å². The second-order valence-corrected chi connectivity index (χ2v) is 6.80. The first-order chi connectivity index (χ1) is 12.6. The van der Waals surface area contributed by atoms with E-state index >= 15 is 0 Å². The summed E-state index contributed by atoms with van der Waals surface area (Å²) in [6.45, 7) is 0.874. The molecule has 1 unspecified atom stereocenters. The van der Waals surface area contributed by atoms with Gasteiger partial charge in [0.05, 0.1) is 5.69 Å². The quantitative estimate of drug-likeness (QED) is 0.633. The summed E-state index contributed by atoms with van der Waals surface area (Å²) in [5, 5.41) is 3.70. The van der Waals surface area contributed by atoms with E-state index in [1.165, 1.54) is 18.5 Å². The molecule has 0 spiro atoms. The molecule has 1 aromatic carbocycles. The molecule has 26 heavy (non-hydrogen) atoms. The van der Waals surface area contributed by atoms with Gasteiger partial charge in [0.25, 0.3) is 0 Å². The molecule has 0 amide bonds. The summed E-state index contributed by atoms with van der Waals surface area (Å²) in [5.41, 5.74) is 3.07. The maximum absolute atomic E-state index is 14.7. The lowest BCUT2D eigenvalue weighted by Crippen LogP contribution is -2.31. The van der Waals surface area contributed by atoms with Crippen LogP contribution in [-0.2, 0) is 0 Å². The van der Waals surface area contributed by atoms with E-state index in [2.05, 4.69) is 15.0 Å². The highest BCUT2D eigenvalue weighted by molar-refractivity contribution is 6.31. The molecule has 0 saturated carbocycles. The Hall–Kier alpha value is -2.67. The number of hydrogen-bond donors (Lipinski definition) is 0. The van der Waals surface area contributed by atoms with Crippen LogP contribution in [0.5, 0.6) is 0 Å². The molecule has 0 N–H and O–H groups in total. The van der Waals surface area contributed by atoms with Crippen molar-refractivity contribution >= 4 is 22.9 Å². The molecule has 3 aromatic rings. The zero-order valence-corrected chi connectivity index (χ0v) is 14.4. The van der Waals surface area contributed by atoms with Gasteiger partial charge >= 0.3 is 0 Å². The highest BCUT2D eigenvalue weighted by Crippen LogP contribution is 2.44. The number of pyridine rings is 1. The number of hydrogen-bond acceptors (Lipinski definition) is 4. The van der Waals surface area contributed by atoms with Crippen molar-refractivity contribution in [3.8, 4) is 0 Å². The second kappa shape index (κ2) is 5.67. The zero-order chi connectivity index (χ0) is 17.8. The van der Waals surface area contributed by atoms with Crippen molar-refractivity contribution in [1.82, 2.24) is 19.5 Å². The molecule has 2 aliphatic rings. The van der Waals surface area contributed by atoms with Gasteiger partial charge in [-0.15, -0.1) is 0 Å². The third-order valence-corrected chi connectivity index (χ3v) is 5.28. The highest BCUT2D eigenvalue weighted by atomic mass is 35.5. The maximum atomic E-state index is 14.7. The number of aromatic nitrogens is 3. The van der Waals surface area contributed by atoms with E-state index in [0.29, 0.717) is 0 Å². The molecule has 0 aliphatic carbocycles. The van der Waals surface area contributed by atoms with Gasteiger partial charge in [-0.25, -0.2) is 18.3 Å². The van der Waals surface area contributed by atoms with Crippen molar-refractivity contribution in [3.05, 3.63) is 70.9 Å². The Morgan fingerprint density at radius 3 is 2.92 bits per heavy atom. The third-order valence-electron chi connectivity index (χ3n) is 4.94. The van der Waals surface area contributed by atoms with Gasteiger partial charge in [0.2, 0.25) is 0 Å². The normalized spacial score (nSPS) is 19.3. The van der Waals surface area contributed by atoms with E-state index in [9.17, 15) is 8.78 Å². The van der Waals surface area contributed by atoms with Crippen molar-refractivity contribution in [1.29, 1.82) is 0 Å². The predicted octanol–water partition coefficient (Wildman–Crippen LogP) is 4.12. The van der Waals surface area contributed by atoms with Crippen LogP contribution in [0.15, 0.2) is 48.7 Å². The van der Waals surface area contributed by atoms with Crippen LogP contribution < -0.4 is 4.90 Å². The first kappa shape index (κ1) is 15.6. The largest absolute Gasteiger partial charge is 0.349 e. The van der Waals surface area contributed by atoms with Crippen molar-refractivity contribution in [2.24, 2.45) is 0 Å². The first-order valence-electron chi connectivity index (χ1n) is 8.32. The van der Waals surface area contributed by atoms with Gasteiger partial charge in [0, 0.05) is 30.2 Å². The fourth-order valence-electron chi connectivity index (χ4n) is 3.76. The minimum absolute atomic E-state index is 0.239. The molecule has 1 fully saturated rings. The Labute approximate surface area is 153 Å². The van der Waals surface area contributed by atoms with Crippen LogP contribution in [0.2, 0.25) is 5.02 Å². The SMILES string of the molecule is Fc1ccc(N2C=C3CCCN3C2c2ccc3ncnn3c2)c(F)c1Cl. The van der Waals surface area contributed by atoms with Crippen molar-refractivity contribution in [2.45, 2.75) is 19.0 Å². The van der Waals surface area contributed by atoms with Gasteiger partial charge in [-0.05, 0) is 37.1 Å². The van der Waals surface area contributed by atoms with Gasteiger partial charge in [-0.1, -0.05) is 11.6 Å². The average Bonchev–Trinajstić information content (AvgIpc) is 3.34. The van der Waals surface area contributed by atoms with E-state index in [1.54, 1.807) is 4.52 Å². The van der Waals surface area contributed by atoms with Crippen molar-refractivity contribution in [2.75, 3.05) is 11.4 Å². The molecule has 132 valence electrons. The van der Waals surface area contributed by atoms with Crippen LogP contribution in [0.4, 0.5) is 14.5 Å². The Morgan fingerprint density at radius 1 is 1.15 bits per heavy atom. The summed E-state index contributed by atoms with van der Waals surface area (Å²) in [6, 6.07) is 6.46. The number of anilines is 1. The zero-order valence-electron chi connectivity index (χ0n) is 13.6. The van der Waals surface area contributed by atoms with Gasteiger partial charge in [-0.3, -0.25) is 0 Å². The molecule has 0 bridgehead atoms. The lowest BCUT2D eigenvalue weighted by molar-refractivity contribution is 0.317. The van der Waals surface area contributed by atoms with Crippen molar-refractivity contribution < 1.29 is 8.78 Å². The van der Waals surface area contributed by atoms with Gasteiger partial charge in [0.15, 0.2) is 11.5 Å².